The van der Waals surface area contributed by atoms with E-state index in [9.17, 15) is 4.79 Å². The van der Waals surface area contributed by atoms with Gasteiger partial charge in [-0.05, 0) is 39.3 Å². The van der Waals surface area contributed by atoms with Gasteiger partial charge in [0.2, 0.25) is 0 Å². The number of nitrogens with zero attached hydrogens (tertiary/aromatic N) is 1. The van der Waals surface area contributed by atoms with Gasteiger partial charge in [0.25, 0.3) is 0 Å². The Balaban J connectivity index is 1.56. The molecule has 1 aliphatic heterocycles. The van der Waals surface area contributed by atoms with Crippen molar-refractivity contribution < 1.29 is 9.53 Å². The lowest BCUT2D eigenvalue weighted by Gasteiger charge is -2.32. The second kappa shape index (κ2) is 8.96. The normalized spacial score (nSPS) is 17.6. The van der Waals surface area contributed by atoms with Crippen molar-refractivity contribution in [3.8, 4) is 0 Å². The van der Waals surface area contributed by atoms with Gasteiger partial charge >= 0.3 is 0 Å². The molecular weight excluding hydrogens is 262 g/mol. The van der Waals surface area contributed by atoms with Crippen molar-refractivity contribution in [2.45, 2.75) is 45.1 Å². The number of likely N-dealkylation sites (tertiary alicyclic amines) is 1. The van der Waals surface area contributed by atoms with E-state index in [0.29, 0.717) is 19.1 Å². The Hall–Kier alpha value is -1.19. The number of hydrogen-bond donors (Lipinski definition) is 0. The van der Waals surface area contributed by atoms with Crippen LogP contribution in [0, 0.1) is 0 Å². The second-order valence-electron chi connectivity index (χ2n) is 5.89. The van der Waals surface area contributed by atoms with E-state index in [4.69, 9.17) is 4.74 Å². The molecule has 0 spiro atoms. The summed E-state index contributed by atoms with van der Waals surface area (Å²) in [6.07, 6.45) is 5.57. The Morgan fingerprint density at radius 1 is 1.14 bits per heavy atom. The minimum atomic E-state index is 0.166. The van der Waals surface area contributed by atoms with Crippen molar-refractivity contribution in [2.75, 3.05) is 26.3 Å². The molecule has 1 saturated heterocycles. The van der Waals surface area contributed by atoms with Crippen LogP contribution in [0.15, 0.2) is 30.3 Å². The predicted octanol–water partition coefficient (Wildman–Crippen LogP) is 3.54. The number of hydrogen-bond acceptors (Lipinski definition) is 3. The Bertz CT molecular complexity index is 412. The summed E-state index contributed by atoms with van der Waals surface area (Å²) in [5.41, 5.74) is 0.780. The van der Waals surface area contributed by atoms with Crippen LogP contribution in [0.4, 0.5) is 0 Å². The Morgan fingerprint density at radius 2 is 1.86 bits per heavy atom. The van der Waals surface area contributed by atoms with Gasteiger partial charge in [0, 0.05) is 24.6 Å². The topological polar surface area (TPSA) is 29.5 Å². The first kappa shape index (κ1) is 16.2. The number of carbonyl (C=O) groups is 1. The molecule has 0 aliphatic carbocycles. The molecule has 1 heterocycles. The third kappa shape index (κ3) is 5.60. The summed E-state index contributed by atoms with van der Waals surface area (Å²) < 4.78 is 5.64. The number of benzene rings is 1. The van der Waals surface area contributed by atoms with E-state index >= 15 is 0 Å². The molecule has 1 unspecified atom stereocenters. The molecule has 0 aromatic heterocycles. The van der Waals surface area contributed by atoms with E-state index in [-0.39, 0.29) is 5.78 Å². The molecule has 0 amide bonds. The first-order valence-electron chi connectivity index (χ1n) is 8.17. The van der Waals surface area contributed by atoms with E-state index in [0.717, 1.165) is 18.6 Å². The smallest absolute Gasteiger partial charge is 0.165 e. The van der Waals surface area contributed by atoms with Crippen molar-refractivity contribution in [3.05, 3.63) is 35.9 Å². The van der Waals surface area contributed by atoms with Crippen molar-refractivity contribution in [1.82, 2.24) is 4.90 Å². The number of ketones is 1. The van der Waals surface area contributed by atoms with Gasteiger partial charge < -0.3 is 9.64 Å². The average Bonchev–Trinajstić information content (AvgIpc) is 2.55. The van der Waals surface area contributed by atoms with Crippen LogP contribution < -0.4 is 0 Å². The van der Waals surface area contributed by atoms with Gasteiger partial charge in [-0.2, -0.15) is 0 Å². The van der Waals surface area contributed by atoms with Crippen molar-refractivity contribution in [3.63, 3.8) is 0 Å². The molecule has 1 aromatic carbocycles. The summed E-state index contributed by atoms with van der Waals surface area (Å²) in [4.78, 5) is 14.5. The van der Waals surface area contributed by atoms with Gasteiger partial charge in [-0.3, -0.25) is 4.79 Å². The van der Waals surface area contributed by atoms with Crippen LogP contribution in [0.1, 0.15) is 49.4 Å². The van der Waals surface area contributed by atoms with E-state index < -0.39 is 0 Å². The highest BCUT2D eigenvalue weighted by molar-refractivity contribution is 5.96. The van der Waals surface area contributed by atoms with E-state index in [1.807, 2.05) is 30.3 Å². The van der Waals surface area contributed by atoms with Crippen molar-refractivity contribution in [2.24, 2.45) is 0 Å². The van der Waals surface area contributed by atoms with Crippen LogP contribution in [0.5, 0.6) is 0 Å². The maximum absolute atomic E-state index is 11.9. The molecule has 3 heteroatoms. The zero-order valence-corrected chi connectivity index (χ0v) is 13.1. The number of piperidine rings is 1. The molecule has 21 heavy (non-hydrogen) atoms. The van der Waals surface area contributed by atoms with E-state index in [1.54, 1.807) is 0 Å². The molecule has 0 saturated carbocycles. The highest BCUT2D eigenvalue weighted by atomic mass is 16.5. The lowest BCUT2D eigenvalue weighted by Crippen LogP contribution is -2.38. The summed E-state index contributed by atoms with van der Waals surface area (Å²) in [6.45, 7) is 6.02. The van der Waals surface area contributed by atoms with Gasteiger partial charge in [-0.15, -0.1) is 0 Å². The van der Waals surface area contributed by atoms with Crippen molar-refractivity contribution >= 4 is 5.78 Å². The molecule has 2 rings (SSSR count). The largest absolute Gasteiger partial charge is 0.381 e. The summed E-state index contributed by atoms with van der Waals surface area (Å²) in [7, 11) is 0. The van der Waals surface area contributed by atoms with E-state index in [1.165, 1.54) is 32.4 Å². The van der Waals surface area contributed by atoms with Crippen LogP contribution in [0.25, 0.3) is 0 Å². The zero-order chi connectivity index (χ0) is 14.9. The molecule has 3 nitrogen and oxygen atoms in total. The van der Waals surface area contributed by atoms with Crippen LogP contribution in [-0.4, -0.2) is 43.0 Å². The number of ether oxygens (including phenoxy) is 1. The molecule has 116 valence electrons. The third-order valence-electron chi connectivity index (χ3n) is 4.26. The lowest BCUT2D eigenvalue weighted by molar-refractivity contribution is 0.0790. The number of rotatable bonds is 8. The summed E-state index contributed by atoms with van der Waals surface area (Å²) >= 11 is 0. The summed E-state index contributed by atoms with van der Waals surface area (Å²) in [6, 6.07) is 10.0. The maximum Gasteiger partial charge on any atom is 0.165 e. The molecule has 1 fully saturated rings. The number of Topliss-reactive ketones (excluding diaryl/α,β-unsaturated/α-hetero) is 1. The fraction of sp³-hybridized carbons (Fsp3) is 0.611. The molecule has 1 aliphatic rings. The maximum atomic E-state index is 11.9. The lowest BCUT2D eigenvalue weighted by atomic mass is 10.1. The van der Waals surface area contributed by atoms with Gasteiger partial charge in [0.05, 0.1) is 6.61 Å². The highest BCUT2D eigenvalue weighted by Gasteiger charge is 2.16. The van der Waals surface area contributed by atoms with Gasteiger partial charge in [0.15, 0.2) is 5.78 Å². The average molecular weight is 289 g/mol. The van der Waals surface area contributed by atoms with Gasteiger partial charge in [0.1, 0.15) is 0 Å². The Morgan fingerprint density at radius 3 is 2.57 bits per heavy atom. The Kier molecular flexibility index (Phi) is 6.90. The predicted molar refractivity (Wildman–Crippen MR) is 85.7 cm³/mol. The quantitative estimate of drug-likeness (QED) is 0.541. The summed E-state index contributed by atoms with van der Waals surface area (Å²) in [5.74, 6) is 0.166. The molecular formula is C18H27NO2. The standard InChI is InChI=1S/C18H27NO2/c1-16(19-12-6-3-7-13-19)10-14-21-15-11-18(20)17-8-4-2-5-9-17/h2,4-5,8-9,16H,3,6-7,10-15H2,1H3. The molecule has 1 atom stereocenters. The van der Waals surface area contributed by atoms with Crippen LogP contribution in [0.3, 0.4) is 0 Å². The number of carbonyl (C=O) groups excluding carboxylic acids is 1. The van der Waals surface area contributed by atoms with E-state index in [2.05, 4.69) is 11.8 Å². The Labute approximate surface area is 128 Å². The minimum absolute atomic E-state index is 0.166. The highest BCUT2D eigenvalue weighted by Crippen LogP contribution is 2.14. The monoisotopic (exact) mass is 289 g/mol. The third-order valence-corrected chi connectivity index (χ3v) is 4.26. The van der Waals surface area contributed by atoms with Gasteiger partial charge in [-0.25, -0.2) is 0 Å². The fourth-order valence-corrected chi connectivity index (χ4v) is 2.83. The molecule has 0 radical (unpaired) electrons. The first-order valence-corrected chi connectivity index (χ1v) is 8.17. The van der Waals surface area contributed by atoms with Gasteiger partial charge in [-0.1, -0.05) is 36.8 Å². The first-order chi connectivity index (χ1) is 10.3. The second-order valence-corrected chi connectivity index (χ2v) is 5.89. The van der Waals surface area contributed by atoms with Crippen LogP contribution >= 0.6 is 0 Å². The zero-order valence-electron chi connectivity index (χ0n) is 13.1. The van der Waals surface area contributed by atoms with Crippen LogP contribution in [0.2, 0.25) is 0 Å². The van der Waals surface area contributed by atoms with Crippen molar-refractivity contribution in [1.29, 1.82) is 0 Å². The minimum Gasteiger partial charge on any atom is -0.381 e. The van der Waals surface area contributed by atoms with Crippen LogP contribution in [-0.2, 0) is 4.74 Å². The summed E-state index contributed by atoms with van der Waals surface area (Å²) in [5, 5.41) is 0. The SMILES string of the molecule is CC(CCOCCC(=O)c1ccccc1)N1CCCCC1. The fourth-order valence-electron chi connectivity index (χ4n) is 2.83. The molecule has 0 bridgehead atoms. The molecule has 0 N–H and O–H groups in total. The molecule has 1 aromatic rings.